The Kier molecular flexibility index (Phi) is 8.10. The average Bonchev–Trinajstić information content (AvgIpc) is 2.95. The van der Waals surface area contributed by atoms with Crippen molar-refractivity contribution in [2.75, 3.05) is 37.7 Å². The third-order valence-electron chi connectivity index (χ3n) is 6.44. The first kappa shape index (κ1) is 25.8. The van der Waals surface area contributed by atoms with E-state index in [0.29, 0.717) is 42.9 Å². The molecule has 2 amide bonds. The zero-order valence-corrected chi connectivity index (χ0v) is 20.6. The maximum Gasteiger partial charge on any atom is 0.252 e. The lowest BCUT2D eigenvalue weighted by Gasteiger charge is -2.37. The van der Waals surface area contributed by atoms with Crippen molar-refractivity contribution in [3.8, 4) is 0 Å². The first-order chi connectivity index (χ1) is 17.9. The number of Topliss-reactive ketones (excluding diaryl/α,β-unsaturated/α-hetero) is 1. The summed E-state index contributed by atoms with van der Waals surface area (Å²) < 4.78 is 0. The van der Waals surface area contributed by atoms with Gasteiger partial charge in [0, 0.05) is 54.1 Å². The second kappa shape index (κ2) is 11.6. The summed E-state index contributed by atoms with van der Waals surface area (Å²) in [5, 5.41) is 12.5. The fourth-order valence-electron chi connectivity index (χ4n) is 4.30. The Bertz CT molecular complexity index is 1280. The minimum absolute atomic E-state index is 0.00794. The standard InChI is InChI=1S/C29H29N3O5/c1-20(34)21-10-12-25(13-11-21)31-14-16-32(17-15-31)29(37)26(19-33)30-28(36)24-9-5-8-23(18-24)27(35)22-6-3-2-4-7-22/h2-13,18,26,33H,14-17,19H2,1H3,(H,30,36). The molecule has 1 aliphatic rings. The van der Waals surface area contributed by atoms with Crippen LogP contribution in [0.3, 0.4) is 0 Å². The highest BCUT2D eigenvalue weighted by atomic mass is 16.3. The normalized spacial score (nSPS) is 14.1. The van der Waals surface area contributed by atoms with Crippen LogP contribution in [0.4, 0.5) is 5.69 Å². The summed E-state index contributed by atoms with van der Waals surface area (Å²) in [5.74, 6) is -1.11. The highest BCUT2D eigenvalue weighted by Crippen LogP contribution is 2.18. The van der Waals surface area contributed by atoms with Crippen LogP contribution in [0, 0.1) is 0 Å². The zero-order chi connectivity index (χ0) is 26.4. The smallest absolute Gasteiger partial charge is 0.252 e. The first-order valence-electron chi connectivity index (χ1n) is 12.1. The van der Waals surface area contributed by atoms with Crippen LogP contribution in [0.2, 0.25) is 0 Å². The van der Waals surface area contributed by atoms with Crippen LogP contribution >= 0.6 is 0 Å². The first-order valence-corrected chi connectivity index (χ1v) is 12.1. The molecule has 2 N–H and O–H groups in total. The largest absolute Gasteiger partial charge is 0.394 e. The fraction of sp³-hybridized carbons (Fsp3) is 0.241. The molecule has 3 aromatic rings. The lowest BCUT2D eigenvalue weighted by Crippen LogP contribution is -2.56. The molecule has 1 heterocycles. The van der Waals surface area contributed by atoms with Crippen molar-refractivity contribution < 1.29 is 24.3 Å². The van der Waals surface area contributed by atoms with Gasteiger partial charge in [0.05, 0.1) is 6.61 Å². The quantitative estimate of drug-likeness (QED) is 0.462. The summed E-state index contributed by atoms with van der Waals surface area (Å²) in [6.07, 6.45) is 0. The summed E-state index contributed by atoms with van der Waals surface area (Å²) >= 11 is 0. The van der Waals surface area contributed by atoms with Gasteiger partial charge in [0.1, 0.15) is 6.04 Å². The van der Waals surface area contributed by atoms with Crippen molar-refractivity contribution in [3.05, 3.63) is 101 Å². The molecule has 0 aromatic heterocycles. The lowest BCUT2D eigenvalue weighted by atomic mass is 10.0. The van der Waals surface area contributed by atoms with Crippen LogP contribution < -0.4 is 10.2 Å². The molecule has 0 aliphatic carbocycles. The van der Waals surface area contributed by atoms with Gasteiger partial charge in [0.15, 0.2) is 11.6 Å². The molecule has 8 nitrogen and oxygen atoms in total. The number of carbonyl (C=O) groups excluding carboxylic acids is 4. The van der Waals surface area contributed by atoms with Gasteiger partial charge in [-0.2, -0.15) is 0 Å². The predicted molar refractivity (Wildman–Crippen MR) is 140 cm³/mol. The number of benzene rings is 3. The molecule has 1 aliphatic heterocycles. The number of ketones is 2. The van der Waals surface area contributed by atoms with Crippen molar-refractivity contribution in [1.82, 2.24) is 10.2 Å². The van der Waals surface area contributed by atoms with Crippen LogP contribution in [0.5, 0.6) is 0 Å². The van der Waals surface area contributed by atoms with Crippen LogP contribution in [0.25, 0.3) is 0 Å². The van der Waals surface area contributed by atoms with E-state index in [1.165, 1.54) is 13.0 Å². The molecule has 37 heavy (non-hydrogen) atoms. The van der Waals surface area contributed by atoms with E-state index in [4.69, 9.17) is 0 Å². The minimum Gasteiger partial charge on any atom is -0.394 e. The number of rotatable bonds is 8. The third kappa shape index (κ3) is 6.10. The number of nitrogens with zero attached hydrogens (tertiary/aromatic N) is 2. The summed E-state index contributed by atoms with van der Waals surface area (Å²) in [6, 6.07) is 21.3. The van der Waals surface area contributed by atoms with Crippen molar-refractivity contribution in [3.63, 3.8) is 0 Å². The number of piperazine rings is 1. The van der Waals surface area contributed by atoms with Crippen LogP contribution in [0.1, 0.15) is 43.6 Å². The molecule has 0 saturated carbocycles. The number of amides is 2. The molecule has 190 valence electrons. The van der Waals surface area contributed by atoms with Gasteiger partial charge >= 0.3 is 0 Å². The highest BCUT2D eigenvalue weighted by molar-refractivity contribution is 6.10. The molecule has 1 atom stereocenters. The van der Waals surface area contributed by atoms with E-state index >= 15 is 0 Å². The Morgan fingerprint density at radius 2 is 1.41 bits per heavy atom. The topological polar surface area (TPSA) is 107 Å². The highest BCUT2D eigenvalue weighted by Gasteiger charge is 2.29. The molecule has 0 radical (unpaired) electrons. The Hall–Kier alpha value is -4.30. The molecule has 3 aromatic carbocycles. The third-order valence-corrected chi connectivity index (χ3v) is 6.44. The minimum atomic E-state index is -1.10. The Morgan fingerprint density at radius 3 is 2.03 bits per heavy atom. The van der Waals surface area contributed by atoms with E-state index in [1.807, 2.05) is 18.2 Å². The van der Waals surface area contributed by atoms with E-state index in [-0.39, 0.29) is 23.0 Å². The Morgan fingerprint density at radius 1 is 0.784 bits per heavy atom. The van der Waals surface area contributed by atoms with Crippen molar-refractivity contribution in [1.29, 1.82) is 0 Å². The van der Waals surface area contributed by atoms with Gasteiger partial charge in [-0.1, -0.05) is 42.5 Å². The zero-order valence-electron chi connectivity index (χ0n) is 20.6. The van der Waals surface area contributed by atoms with Crippen LogP contribution in [-0.2, 0) is 4.79 Å². The Balaban J connectivity index is 1.36. The number of aliphatic hydroxyl groups is 1. The molecule has 4 rings (SSSR count). The van der Waals surface area contributed by atoms with E-state index in [9.17, 15) is 24.3 Å². The number of nitrogens with one attached hydrogen (secondary N) is 1. The monoisotopic (exact) mass is 499 g/mol. The summed E-state index contributed by atoms with van der Waals surface area (Å²) in [7, 11) is 0. The predicted octanol–water partition coefficient (Wildman–Crippen LogP) is 2.56. The summed E-state index contributed by atoms with van der Waals surface area (Å²) in [6.45, 7) is 3.01. The van der Waals surface area contributed by atoms with Gasteiger partial charge in [0.2, 0.25) is 5.91 Å². The van der Waals surface area contributed by atoms with Crippen molar-refractivity contribution >= 4 is 29.1 Å². The molecule has 1 unspecified atom stereocenters. The maximum atomic E-state index is 13.1. The van der Waals surface area contributed by atoms with E-state index in [0.717, 1.165) is 5.69 Å². The number of aliphatic hydroxyl groups excluding tert-OH is 1. The molecule has 0 spiro atoms. The molecule has 8 heteroatoms. The second-order valence-electron chi connectivity index (χ2n) is 8.90. The number of carbonyl (C=O) groups is 4. The Labute approximate surface area is 215 Å². The molecule has 0 bridgehead atoms. The van der Waals surface area contributed by atoms with Gasteiger partial charge in [-0.15, -0.1) is 0 Å². The SMILES string of the molecule is CC(=O)c1ccc(N2CCN(C(=O)C(CO)NC(=O)c3cccc(C(=O)c4ccccc4)c3)CC2)cc1. The lowest BCUT2D eigenvalue weighted by molar-refractivity contribution is -0.134. The van der Waals surface area contributed by atoms with E-state index in [2.05, 4.69) is 10.2 Å². The summed E-state index contributed by atoms with van der Waals surface area (Å²) in [5.41, 5.74) is 2.71. The van der Waals surface area contributed by atoms with E-state index in [1.54, 1.807) is 59.5 Å². The van der Waals surface area contributed by atoms with E-state index < -0.39 is 18.6 Å². The molecule has 1 saturated heterocycles. The fourth-order valence-corrected chi connectivity index (χ4v) is 4.30. The van der Waals surface area contributed by atoms with Gasteiger partial charge < -0.3 is 20.2 Å². The maximum absolute atomic E-state index is 13.1. The molecular weight excluding hydrogens is 470 g/mol. The van der Waals surface area contributed by atoms with Gasteiger partial charge in [-0.25, -0.2) is 0 Å². The average molecular weight is 500 g/mol. The van der Waals surface area contributed by atoms with Crippen LogP contribution in [0.15, 0.2) is 78.9 Å². The molecular formula is C29H29N3O5. The number of hydrogen-bond acceptors (Lipinski definition) is 6. The summed E-state index contributed by atoms with van der Waals surface area (Å²) in [4.78, 5) is 53.9. The number of anilines is 1. The van der Waals surface area contributed by atoms with Crippen molar-refractivity contribution in [2.24, 2.45) is 0 Å². The van der Waals surface area contributed by atoms with Gasteiger partial charge in [-0.05, 0) is 43.3 Å². The van der Waals surface area contributed by atoms with Gasteiger partial charge in [-0.3, -0.25) is 19.2 Å². The van der Waals surface area contributed by atoms with Crippen molar-refractivity contribution in [2.45, 2.75) is 13.0 Å². The van der Waals surface area contributed by atoms with Gasteiger partial charge in [0.25, 0.3) is 5.91 Å². The van der Waals surface area contributed by atoms with Crippen LogP contribution in [-0.4, -0.2) is 72.2 Å². The second-order valence-corrected chi connectivity index (χ2v) is 8.90. The number of hydrogen-bond donors (Lipinski definition) is 2. The molecule has 1 fully saturated rings.